The average Bonchev–Trinajstić information content (AvgIpc) is 2.48. The highest BCUT2D eigenvalue weighted by Gasteiger charge is 2.20. The van der Waals surface area contributed by atoms with Crippen molar-refractivity contribution in [3.05, 3.63) is 39.6 Å². The van der Waals surface area contributed by atoms with Crippen molar-refractivity contribution in [2.45, 2.75) is 26.7 Å². The zero-order valence-electron chi connectivity index (χ0n) is 12.2. The highest BCUT2D eigenvalue weighted by Crippen LogP contribution is 2.23. The molecule has 20 heavy (non-hydrogen) atoms. The van der Waals surface area contributed by atoms with E-state index in [1.165, 1.54) is 11.7 Å². The van der Waals surface area contributed by atoms with E-state index in [-0.39, 0.29) is 5.56 Å². The van der Waals surface area contributed by atoms with Crippen LogP contribution in [0.25, 0.3) is 10.8 Å². The molecule has 5 heteroatoms. The van der Waals surface area contributed by atoms with Crippen molar-refractivity contribution < 1.29 is 9.53 Å². The van der Waals surface area contributed by atoms with Crippen molar-refractivity contribution >= 4 is 16.7 Å². The summed E-state index contributed by atoms with van der Waals surface area (Å²) in [6.45, 7) is 3.88. The second-order valence-electron chi connectivity index (χ2n) is 4.60. The summed E-state index contributed by atoms with van der Waals surface area (Å²) in [4.78, 5) is 28.9. The first-order valence-corrected chi connectivity index (χ1v) is 6.64. The summed E-state index contributed by atoms with van der Waals surface area (Å²) in [7, 11) is 3.02. The fourth-order valence-corrected chi connectivity index (χ4v) is 2.39. The quantitative estimate of drug-likeness (QED) is 0.801. The zero-order valence-corrected chi connectivity index (χ0v) is 12.2. The molecule has 2 aromatic heterocycles. The van der Waals surface area contributed by atoms with Gasteiger partial charge in [0, 0.05) is 18.6 Å². The van der Waals surface area contributed by atoms with E-state index < -0.39 is 5.97 Å². The Kier molecular flexibility index (Phi) is 3.88. The Morgan fingerprint density at radius 1 is 1.30 bits per heavy atom. The summed E-state index contributed by atoms with van der Waals surface area (Å²) >= 11 is 0. The molecule has 0 radical (unpaired) electrons. The highest BCUT2D eigenvalue weighted by atomic mass is 16.5. The first-order valence-electron chi connectivity index (χ1n) is 6.64. The van der Waals surface area contributed by atoms with Crippen molar-refractivity contribution in [3.63, 3.8) is 0 Å². The van der Waals surface area contributed by atoms with Gasteiger partial charge in [-0.05, 0) is 18.9 Å². The minimum Gasteiger partial charge on any atom is -0.465 e. The van der Waals surface area contributed by atoms with E-state index in [0.29, 0.717) is 34.9 Å². The fourth-order valence-electron chi connectivity index (χ4n) is 2.39. The number of carbonyl (C=O) groups is 1. The zero-order chi connectivity index (χ0) is 14.9. The standard InChI is InChI=1S/C15H18N2O3/c1-5-10-12-9(7-8-17(3)14(12)18)13(15(19)20-4)11(6-2)16-10/h7-8H,5-6H2,1-4H3. The van der Waals surface area contributed by atoms with Crippen LogP contribution in [0.3, 0.4) is 0 Å². The lowest BCUT2D eigenvalue weighted by molar-refractivity contribution is 0.0601. The van der Waals surface area contributed by atoms with E-state index in [4.69, 9.17) is 4.74 Å². The Bertz CT molecular complexity index is 732. The topological polar surface area (TPSA) is 61.2 Å². The summed E-state index contributed by atoms with van der Waals surface area (Å²) in [5, 5.41) is 1.14. The van der Waals surface area contributed by atoms with Crippen LogP contribution in [0, 0.1) is 0 Å². The van der Waals surface area contributed by atoms with Crippen molar-refractivity contribution in [1.29, 1.82) is 0 Å². The molecule has 0 aromatic carbocycles. The molecule has 0 amide bonds. The third-order valence-electron chi connectivity index (χ3n) is 3.44. The van der Waals surface area contributed by atoms with Crippen LogP contribution in [-0.2, 0) is 24.6 Å². The molecule has 0 atom stereocenters. The summed E-state index contributed by atoms with van der Waals surface area (Å²) in [5.74, 6) is -0.449. The number of aryl methyl sites for hydroxylation is 3. The molecule has 0 aliphatic carbocycles. The highest BCUT2D eigenvalue weighted by molar-refractivity contribution is 6.05. The van der Waals surface area contributed by atoms with Gasteiger partial charge in [0.1, 0.15) is 0 Å². The number of nitrogens with zero attached hydrogens (tertiary/aromatic N) is 2. The number of aromatic nitrogens is 2. The number of pyridine rings is 2. The number of methoxy groups -OCH3 is 1. The normalized spacial score (nSPS) is 10.8. The predicted octanol–water partition coefficient (Wildman–Crippen LogP) is 1.84. The number of hydrogen-bond donors (Lipinski definition) is 0. The van der Waals surface area contributed by atoms with Crippen molar-refractivity contribution in [2.24, 2.45) is 7.05 Å². The monoisotopic (exact) mass is 274 g/mol. The summed E-state index contributed by atoms with van der Waals surface area (Å²) in [6.07, 6.45) is 2.92. The second kappa shape index (κ2) is 5.45. The van der Waals surface area contributed by atoms with Gasteiger partial charge in [0.2, 0.25) is 0 Å². The molecule has 0 aliphatic rings. The van der Waals surface area contributed by atoms with Crippen LogP contribution in [-0.4, -0.2) is 22.6 Å². The van der Waals surface area contributed by atoms with E-state index in [9.17, 15) is 9.59 Å². The molecule has 0 N–H and O–H groups in total. The van der Waals surface area contributed by atoms with Crippen LogP contribution in [0.1, 0.15) is 35.6 Å². The molecule has 0 unspecified atom stereocenters. The smallest absolute Gasteiger partial charge is 0.340 e. The SMILES string of the molecule is CCc1nc(CC)c2c(=O)n(C)ccc2c1C(=O)OC. The van der Waals surface area contributed by atoms with Gasteiger partial charge in [-0.25, -0.2) is 4.79 Å². The van der Waals surface area contributed by atoms with E-state index >= 15 is 0 Å². The Balaban J connectivity index is 3.01. The van der Waals surface area contributed by atoms with Crippen molar-refractivity contribution in [3.8, 4) is 0 Å². The molecular weight excluding hydrogens is 256 g/mol. The largest absolute Gasteiger partial charge is 0.465 e. The van der Waals surface area contributed by atoms with Gasteiger partial charge in [-0.15, -0.1) is 0 Å². The minimum absolute atomic E-state index is 0.139. The number of rotatable bonds is 3. The number of carbonyl (C=O) groups excluding carboxylic acids is 1. The Morgan fingerprint density at radius 2 is 1.95 bits per heavy atom. The number of hydrogen-bond acceptors (Lipinski definition) is 4. The number of esters is 1. The predicted molar refractivity (Wildman–Crippen MR) is 77.1 cm³/mol. The molecule has 0 bridgehead atoms. The summed E-state index contributed by atoms with van der Waals surface area (Å²) in [6, 6.07) is 1.78. The van der Waals surface area contributed by atoms with Crippen molar-refractivity contribution in [1.82, 2.24) is 9.55 Å². The molecule has 0 saturated carbocycles. The maximum absolute atomic E-state index is 12.3. The first-order chi connectivity index (χ1) is 9.54. The molecular formula is C15H18N2O3. The van der Waals surface area contributed by atoms with E-state index in [1.54, 1.807) is 19.3 Å². The van der Waals surface area contributed by atoms with Crippen LogP contribution in [0.5, 0.6) is 0 Å². The van der Waals surface area contributed by atoms with Gasteiger partial charge in [-0.2, -0.15) is 0 Å². The van der Waals surface area contributed by atoms with Crippen molar-refractivity contribution in [2.75, 3.05) is 7.11 Å². The minimum atomic E-state index is -0.449. The number of fused-ring (bicyclic) bond motifs is 1. The molecule has 5 nitrogen and oxygen atoms in total. The third kappa shape index (κ3) is 2.09. The lowest BCUT2D eigenvalue weighted by atomic mass is 10.0. The van der Waals surface area contributed by atoms with Gasteiger partial charge in [0.25, 0.3) is 5.56 Å². The van der Waals surface area contributed by atoms with Gasteiger partial charge >= 0.3 is 5.97 Å². The molecule has 0 spiro atoms. The molecule has 0 fully saturated rings. The lowest BCUT2D eigenvalue weighted by Gasteiger charge is -2.13. The Morgan fingerprint density at radius 3 is 2.50 bits per heavy atom. The van der Waals surface area contributed by atoms with Crippen LogP contribution < -0.4 is 5.56 Å². The fraction of sp³-hybridized carbons (Fsp3) is 0.400. The molecule has 2 aromatic rings. The first kappa shape index (κ1) is 14.2. The molecule has 0 aliphatic heterocycles. The van der Waals surface area contributed by atoms with Gasteiger partial charge in [0.15, 0.2) is 0 Å². The second-order valence-corrected chi connectivity index (χ2v) is 4.60. The third-order valence-corrected chi connectivity index (χ3v) is 3.44. The van der Waals surface area contributed by atoms with Gasteiger partial charge < -0.3 is 9.30 Å². The molecule has 2 heterocycles. The maximum atomic E-state index is 12.3. The Hall–Kier alpha value is -2.17. The Labute approximate surface area is 117 Å². The summed E-state index contributed by atoms with van der Waals surface area (Å²) < 4.78 is 6.34. The average molecular weight is 274 g/mol. The van der Waals surface area contributed by atoms with Crippen LogP contribution in [0.2, 0.25) is 0 Å². The van der Waals surface area contributed by atoms with E-state index in [2.05, 4.69) is 4.98 Å². The molecule has 106 valence electrons. The van der Waals surface area contributed by atoms with E-state index in [0.717, 1.165) is 5.69 Å². The van der Waals surface area contributed by atoms with Crippen LogP contribution >= 0.6 is 0 Å². The number of ether oxygens (including phenoxy) is 1. The van der Waals surface area contributed by atoms with E-state index in [1.807, 2.05) is 13.8 Å². The van der Waals surface area contributed by atoms with Gasteiger partial charge in [-0.3, -0.25) is 9.78 Å². The van der Waals surface area contributed by atoms with Crippen LogP contribution in [0.4, 0.5) is 0 Å². The molecule has 2 rings (SSSR count). The van der Waals surface area contributed by atoms with Gasteiger partial charge in [-0.1, -0.05) is 13.8 Å². The summed E-state index contributed by atoms with van der Waals surface area (Å²) in [5.41, 5.74) is 1.67. The van der Waals surface area contributed by atoms with Crippen LogP contribution in [0.15, 0.2) is 17.1 Å². The molecule has 0 saturated heterocycles. The van der Waals surface area contributed by atoms with Gasteiger partial charge in [0.05, 0.1) is 29.4 Å². The maximum Gasteiger partial charge on any atom is 0.340 e. The lowest BCUT2D eigenvalue weighted by Crippen LogP contribution is -2.20.